The van der Waals surface area contributed by atoms with E-state index in [0.717, 1.165) is 5.69 Å². The van der Waals surface area contributed by atoms with Gasteiger partial charge in [-0.05, 0) is 35.7 Å². The molecule has 0 aliphatic heterocycles. The number of aromatic amines is 1. The molecule has 0 bridgehead atoms. The molecule has 2 heterocycles. The van der Waals surface area contributed by atoms with E-state index < -0.39 is 0 Å². The van der Waals surface area contributed by atoms with E-state index in [0.29, 0.717) is 28.0 Å². The van der Waals surface area contributed by atoms with Crippen LogP contribution in [-0.4, -0.2) is 22.4 Å². The van der Waals surface area contributed by atoms with Gasteiger partial charge in [-0.2, -0.15) is 0 Å². The third kappa shape index (κ3) is 3.79. The highest BCUT2D eigenvalue weighted by Crippen LogP contribution is 2.26. The molecule has 0 aliphatic rings. The highest BCUT2D eigenvalue weighted by atomic mass is 35.5. The summed E-state index contributed by atoms with van der Waals surface area (Å²) < 4.78 is 0. The number of anilines is 1. The van der Waals surface area contributed by atoms with Crippen molar-refractivity contribution in [2.45, 2.75) is 6.54 Å². The predicted octanol–water partition coefficient (Wildman–Crippen LogP) is 2.30. The maximum atomic E-state index is 12.0. The zero-order chi connectivity index (χ0) is 16.9. The molecular weight excluding hydrogens is 328 g/mol. The molecule has 3 N–H and O–H groups in total. The van der Waals surface area contributed by atoms with Crippen molar-refractivity contribution in [2.75, 3.05) is 11.9 Å². The van der Waals surface area contributed by atoms with Crippen molar-refractivity contribution in [1.82, 2.24) is 15.3 Å². The molecule has 7 heteroatoms. The lowest BCUT2D eigenvalue weighted by molar-refractivity contribution is -0.115. The van der Waals surface area contributed by atoms with Crippen LogP contribution in [-0.2, 0) is 11.3 Å². The van der Waals surface area contributed by atoms with E-state index in [1.807, 2.05) is 18.2 Å². The Morgan fingerprint density at radius 1 is 1.25 bits per heavy atom. The van der Waals surface area contributed by atoms with Crippen LogP contribution in [0.5, 0.6) is 0 Å². The summed E-state index contributed by atoms with van der Waals surface area (Å²) in [5.41, 5.74) is 1.11. The van der Waals surface area contributed by atoms with Crippen molar-refractivity contribution in [3.63, 3.8) is 0 Å². The highest BCUT2D eigenvalue weighted by molar-refractivity contribution is 6.34. The lowest BCUT2D eigenvalue weighted by atomic mass is 10.1. The Morgan fingerprint density at radius 2 is 2.12 bits per heavy atom. The quantitative estimate of drug-likeness (QED) is 0.664. The third-order valence-electron chi connectivity index (χ3n) is 3.45. The molecule has 1 amide bonds. The summed E-state index contributed by atoms with van der Waals surface area (Å²) in [5.74, 6) is -0.225. The van der Waals surface area contributed by atoms with Gasteiger partial charge in [0.05, 0.1) is 22.9 Å². The first kappa shape index (κ1) is 16.2. The number of nitrogens with one attached hydrogen (secondary N) is 3. The summed E-state index contributed by atoms with van der Waals surface area (Å²) in [6.07, 6.45) is 3.26. The monoisotopic (exact) mass is 342 g/mol. The van der Waals surface area contributed by atoms with Crippen LogP contribution in [0.2, 0.25) is 5.02 Å². The van der Waals surface area contributed by atoms with Crippen LogP contribution in [0.3, 0.4) is 0 Å². The molecule has 0 saturated heterocycles. The van der Waals surface area contributed by atoms with Gasteiger partial charge in [-0.1, -0.05) is 17.7 Å². The fraction of sp³-hybridized carbons (Fsp3) is 0.118. The van der Waals surface area contributed by atoms with E-state index in [9.17, 15) is 9.59 Å². The molecule has 3 aromatic rings. The molecule has 0 fully saturated rings. The number of carbonyl (C=O) groups excluding carboxylic acids is 1. The summed E-state index contributed by atoms with van der Waals surface area (Å²) in [6.45, 7) is 0.620. The van der Waals surface area contributed by atoms with Crippen LogP contribution in [0.15, 0.2) is 53.6 Å². The summed E-state index contributed by atoms with van der Waals surface area (Å²) in [7, 11) is 0. The van der Waals surface area contributed by atoms with E-state index in [2.05, 4.69) is 20.6 Å². The fourth-order valence-corrected chi connectivity index (χ4v) is 2.52. The van der Waals surface area contributed by atoms with Gasteiger partial charge in [-0.25, -0.2) is 0 Å². The number of pyridine rings is 2. The first-order valence-corrected chi connectivity index (χ1v) is 7.73. The number of rotatable bonds is 5. The molecule has 122 valence electrons. The average Bonchev–Trinajstić information content (AvgIpc) is 2.57. The Labute approximate surface area is 142 Å². The lowest BCUT2D eigenvalue weighted by Crippen LogP contribution is -2.28. The van der Waals surface area contributed by atoms with E-state index in [-0.39, 0.29) is 18.0 Å². The van der Waals surface area contributed by atoms with Gasteiger partial charge in [0.15, 0.2) is 0 Å². The number of halogens is 1. The number of amides is 1. The maximum Gasteiger partial charge on any atom is 0.255 e. The maximum absolute atomic E-state index is 12.0. The molecule has 6 nitrogen and oxygen atoms in total. The van der Waals surface area contributed by atoms with Crippen molar-refractivity contribution >= 4 is 34.0 Å². The largest absolute Gasteiger partial charge is 0.329 e. The zero-order valence-electron chi connectivity index (χ0n) is 12.7. The summed E-state index contributed by atoms with van der Waals surface area (Å²) >= 11 is 6.15. The van der Waals surface area contributed by atoms with Crippen molar-refractivity contribution < 1.29 is 4.79 Å². The van der Waals surface area contributed by atoms with Gasteiger partial charge in [-0.3, -0.25) is 14.6 Å². The molecule has 0 spiro atoms. The Bertz CT molecular complexity index is 925. The minimum absolute atomic E-state index is 0.125. The summed E-state index contributed by atoms with van der Waals surface area (Å²) in [6, 6.07) is 10.6. The molecule has 1 aromatic carbocycles. The fourth-order valence-electron chi connectivity index (χ4n) is 2.31. The third-order valence-corrected chi connectivity index (χ3v) is 3.77. The zero-order valence-corrected chi connectivity index (χ0v) is 13.4. The Hall–Kier alpha value is -2.70. The normalized spacial score (nSPS) is 10.7. The number of aromatic nitrogens is 2. The van der Waals surface area contributed by atoms with E-state index >= 15 is 0 Å². The van der Waals surface area contributed by atoms with Crippen molar-refractivity contribution in [2.24, 2.45) is 0 Å². The van der Waals surface area contributed by atoms with Gasteiger partial charge in [0, 0.05) is 24.3 Å². The Kier molecular flexibility index (Phi) is 4.88. The van der Waals surface area contributed by atoms with Gasteiger partial charge in [0.2, 0.25) is 5.91 Å². The van der Waals surface area contributed by atoms with Crippen LogP contribution in [0, 0.1) is 0 Å². The van der Waals surface area contributed by atoms with Crippen LogP contribution in [0.1, 0.15) is 5.69 Å². The topological polar surface area (TPSA) is 86.9 Å². The SMILES string of the molecule is O=C(CNCc1ccccn1)Nc1cc2cc[nH]c(=O)c2cc1Cl. The standard InChI is InChI=1S/C17H15ClN4O2/c18-14-8-13-11(4-6-21-17(13)24)7-15(14)22-16(23)10-19-9-12-3-1-2-5-20-12/h1-8,19H,9-10H2,(H,21,24)(H,22,23). The number of H-pyrrole nitrogens is 1. The average molecular weight is 343 g/mol. The number of nitrogens with zero attached hydrogens (tertiary/aromatic N) is 1. The van der Waals surface area contributed by atoms with E-state index in [1.54, 1.807) is 30.6 Å². The second-order valence-corrected chi connectivity index (χ2v) is 5.61. The molecular formula is C17H15ClN4O2. The van der Waals surface area contributed by atoms with E-state index in [4.69, 9.17) is 11.6 Å². The first-order valence-electron chi connectivity index (χ1n) is 7.35. The second kappa shape index (κ2) is 7.25. The summed E-state index contributed by atoms with van der Waals surface area (Å²) in [5, 5.41) is 7.26. The molecule has 0 radical (unpaired) electrons. The number of hydrogen-bond acceptors (Lipinski definition) is 4. The van der Waals surface area contributed by atoms with Crippen LogP contribution in [0.4, 0.5) is 5.69 Å². The van der Waals surface area contributed by atoms with Crippen molar-refractivity contribution in [3.8, 4) is 0 Å². The Morgan fingerprint density at radius 3 is 2.92 bits per heavy atom. The molecule has 0 aliphatic carbocycles. The number of carbonyl (C=O) groups is 1. The van der Waals surface area contributed by atoms with Gasteiger partial charge >= 0.3 is 0 Å². The van der Waals surface area contributed by atoms with Crippen molar-refractivity contribution in [1.29, 1.82) is 0 Å². The van der Waals surface area contributed by atoms with E-state index in [1.165, 1.54) is 0 Å². The number of hydrogen-bond donors (Lipinski definition) is 3. The summed E-state index contributed by atoms with van der Waals surface area (Å²) in [4.78, 5) is 30.5. The van der Waals surface area contributed by atoms with Crippen LogP contribution < -0.4 is 16.2 Å². The van der Waals surface area contributed by atoms with Crippen molar-refractivity contribution in [3.05, 3.63) is 69.9 Å². The van der Waals surface area contributed by atoms with Crippen LogP contribution in [0.25, 0.3) is 10.8 Å². The second-order valence-electron chi connectivity index (χ2n) is 5.20. The highest BCUT2D eigenvalue weighted by Gasteiger charge is 2.09. The van der Waals surface area contributed by atoms with Crippen LogP contribution >= 0.6 is 11.6 Å². The molecule has 0 unspecified atom stereocenters. The molecule has 0 saturated carbocycles. The van der Waals surface area contributed by atoms with Gasteiger partial charge in [0.25, 0.3) is 5.56 Å². The van der Waals surface area contributed by atoms with Gasteiger partial charge in [0.1, 0.15) is 0 Å². The molecule has 2 aromatic heterocycles. The van der Waals surface area contributed by atoms with Gasteiger partial charge in [-0.15, -0.1) is 0 Å². The number of benzene rings is 1. The smallest absolute Gasteiger partial charge is 0.255 e. The predicted molar refractivity (Wildman–Crippen MR) is 94.2 cm³/mol. The Balaban J connectivity index is 1.65. The van der Waals surface area contributed by atoms with Gasteiger partial charge < -0.3 is 15.6 Å². The molecule has 0 atom stereocenters. The molecule has 24 heavy (non-hydrogen) atoms. The lowest BCUT2D eigenvalue weighted by Gasteiger charge is -2.09. The first-order chi connectivity index (χ1) is 11.6. The minimum Gasteiger partial charge on any atom is -0.329 e. The number of fused-ring (bicyclic) bond motifs is 1. The molecule has 3 rings (SSSR count). The minimum atomic E-state index is -0.225.